The Morgan fingerprint density at radius 2 is 2.13 bits per heavy atom. The average molecular weight is 322 g/mol. The summed E-state index contributed by atoms with van der Waals surface area (Å²) in [6, 6.07) is 6.89. The lowest BCUT2D eigenvalue weighted by atomic mass is 10.0. The highest BCUT2D eigenvalue weighted by molar-refractivity contribution is 5.52. The molecule has 1 fully saturated rings. The molecule has 1 saturated heterocycles. The fourth-order valence-corrected chi connectivity index (χ4v) is 2.24. The van der Waals surface area contributed by atoms with Crippen LogP contribution in [0.3, 0.4) is 0 Å². The monoisotopic (exact) mass is 322 g/mol. The lowest BCUT2D eigenvalue weighted by Crippen LogP contribution is -2.33. The molecule has 0 aliphatic carbocycles. The van der Waals surface area contributed by atoms with Crippen molar-refractivity contribution in [1.29, 1.82) is 0 Å². The molecule has 3 rings (SSSR count). The second-order valence-corrected chi connectivity index (χ2v) is 5.16. The largest absolute Gasteiger partial charge is 0.465 e. The second-order valence-electron chi connectivity index (χ2n) is 5.16. The van der Waals surface area contributed by atoms with Crippen molar-refractivity contribution in [1.82, 2.24) is 15.2 Å². The van der Waals surface area contributed by atoms with E-state index < -0.39 is 18.6 Å². The van der Waals surface area contributed by atoms with E-state index in [0.29, 0.717) is 30.2 Å². The summed E-state index contributed by atoms with van der Waals surface area (Å²) < 4.78 is 36.2. The van der Waals surface area contributed by atoms with E-state index in [4.69, 9.17) is 9.47 Å². The fourth-order valence-electron chi connectivity index (χ4n) is 2.24. The third kappa shape index (κ3) is 4.32. The summed E-state index contributed by atoms with van der Waals surface area (Å²) in [5.74, 6) is 0.947. The van der Waals surface area contributed by atoms with E-state index in [1.807, 2.05) is 0 Å². The molecule has 2 atom stereocenters. The summed E-state index contributed by atoms with van der Waals surface area (Å²) in [4.78, 5) is 4.16. The van der Waals surface area contributed by atoms with Crippen molar-refractivity contribution >= 4 is 11.6 Å². The molecule has 1 aliphatic rings. The molecule has 0 spiro atoms. The number of rotatable bonds is 5. The van der Waals surface area contributed by atoms with Crippen LogP contribution in [0.15, 0.2) is 36.7 Å². The van der Waals surface area contributed by atoms with Crippen LogP contribution in [0.4, 0.5) is 20.4 Å². The second kappa shape index (κ2) is 7.28. The molecular formula is C15H16F2N4O2. The normalized spacial score (nSPS) is 21.2. The third-order valence-corrected chi connectivity index (χ3v) is 3.45. The van der Waals surface area contributed by atoms with Crippen LogP contribution in [0.25, 0.3) is 0 Å². The van der Waals surface area contributed by atoms with Crippen LogP contribution < -0.4 is 10.1 Å². The topological polar surface area (TPSA) is 69.2 Å². The summed E-state index contributed by atoms with van der Waals surface area (Å²) in [6.07, 6.45) is 1.11. The van der Waals surface area contributed by atoms with Gasteiger partial charge in [-0.1, -0.05) is 0 Å². The maximum atomic E-state index is 12.6. The minimum Gasteiger partial charge on any atom is -0.465 e. The maximum absolute atomic E-state index is 12.6. The SMILES string of the molecule is FC(F)C1CCC(Oc2ccnc(Nc3cccnn3)c2)OC1. The van der Waals surface area contributed by atoms with Gasteiger partial charge in [0.15, 0.2) is 12.1 Å². The smallest absolute Gasteiger partial charge is 0.243 e. The number of pyridine rings is 1. The van der Waals surface area contributed by atoms with Crippen molar-refractivity contribution in [3.05, 3.63) is 36.7 Å². The zero-order chi connectivity index (χ0) is 16.1. The predicted molar refractivity (Wildman–Crippen MR) is 78.6 cm³/mol. The predicted octanol–water partition coefficient (Wildman–Crippen LogP) is 3.01. The molecule has 2 aromatic heterocycles. The molecule has 0 bridgehead atoms. The first kappa shape index (κ1) is 15.5. The summed E-state index contributed by atoms with van der Waals surface area (Å²) in [7, 11) is 0. The lowest BCUT2D eigenvalue weighted by Gasteiger charge is -2.28. The van der Waals surface area contributed by atoms with Crippen molar-refractivity contribution in [2.75, 3.05) is 11.9 Å². The molecular weight excluding hydrogens is 306 g/mol. The van der Waals surface area contributed by atoms with Gasteiger partial charge in [-0.25, -0.2) is 13.8 Å². The van der Waals surface area contributed by atoms with Gasteiger partial charge in [0.05, 0.1) is 6.61 Å². The van der Waals surface area contributed by atoms with Gasteiger partial charge in [-0.2, -0.15) is 5.10 Å². The van der Waals surface area contributed by atoms with Gasteiger partial charge in [0.2, 0.25) is 6.43 Å². The molecule has 23 heavy (non-hydrogen) atoms. The number of hydrogen-bond donors (Lipinski definition) is 1. The summed E-state index contributed by atoms with van der Waals surface area (Å²) in [6.45, 7) is 0.0120. The Hall–Kier alpha value is -2.35. The van der Waals surface area contributed by atoms with E-state index in [1.165, 1.54) is 0 Å². The number of nitrogens with one attached hydrogen (secondary N) is 1. The quantitative estimate of drug-likeness (QED) is 0.912. The number of nitrogens with zero attached hydrogens (tertiary/aromatic N) is 3. The van der Waals surface area contributed by atoms with E-state index in [2.05, 4.69) is 20.5 Å². The molecule has 0 radical (unpaired) electrons. The Morgan fingerprint density at radius 3 is 2.83 bits per heavy atom. The van der Waals surface area contributed by atoms with Crippen LogP contribution in [-0.4, -0.2) is 34.5 Å². The molecule has 2 unspecified atom stereocenters. The van der Waals surface area contributed by atoms with E-state index in [1.54, 1.807) is 36.7 Å². The molecule has 8 heteroatoms. The highest BCUT2D eigenvalue weighted by Gasteiger charge is 2.29. The van der Waals surface area contributed by atoms with Crippen molar-refractivity contribution in [2.45, 2.75) is 25.6 Å². The number of halogens is 2. The number of anilines is 2. The van der Waals surface area contributed by atoms with Crippen molar-refractivity contribution < 1.29 is 18.3 Å². The van der Waals surface area contributed by atoms with Crippen molar-refractivity contribution in [3.63, 3.8) is 0 Å². The van der Waals surface area contributed by atoms with E-state index in [-0.39, 0.29) is 6.61 Å². The fraction of sp³-hybridized carbons (Fsp3) is 0.400. The first-order chi connectivity index (χ1) is 11.2. The first-order valence-electron chi connectivity index (χ1n) is 7.28. The average Bonchev–Trinajstić information content (AvgIpc) is 2.57. The van der Waals surface area contributed by atoms with Crippen molar-refractivity contribution in [3.8, 4) is 5.75 Å². The molecule has 2 aromatic rings. The van der Waals surface area contributed by atoms with Gasteiger partial charge >= 0.3 is 0 Å². The number of ether oxygens (including phenoxy) is 2. The van der Waals surface area contributed by atoms with Crippen LogP contribution >= 0.6 is 0 Å². The standard InChI is InChI=1S/C15H16F2N4O2/c16-15(17)10-3-4-14(22-9-10)23-11-5-7-18-13(8-11)20-12-2-1-6-19-21-12/h1-2,5-8,10,14-15H,3-4,9H2,(H,18,20,21). The van der Waals surface area contributed by atoms with Crippen LogP contribution in [0, 0.1) is 5.92 Å². The molecule has 0 saturated carbocycles. The molecule has 1 N–H and O–H groups in total. The van der Waals surface area contributed by atoms with Gasteiger partial charge in [-0.15, -0.1) is 5.10 Å². The summed E-state index contributed by atoms with van der Waals surface area (Å²) in [5, 5.41) is 10.7. The summed E-state index contributed by atoms with van der Waals surface area (Å²) in [5.41, 5.74) is 0. The molecule has 3 heterocycles. The van der Waals surface area contributed by atoms with Gasteiger partial charge < -0.3 is 14.8 Å². The Labute approximate surface area is 131 Å². The Balaban J connectivity index is 1.58. The minimum absolute atomic E-state index is 0.0120. The first-order valence-corrected chi connectivity index (χ1v) is 7.28. The van der Waals surface area contributed by atoms with E-state index in [0.717, 1.165) is 0 Å². The van der Waals surface area contributed by atoms with Gasteiger partial charge in [0.1, 0.15) is 11.6 Å². The zero-order valence-electron chi connectivity index (χ0n) is 12.2. The molecule has 1 aliphatic heterocycles. The Bertz CT molecular complexity index is 622. The maximum Gasteiger partial charge on any atom is 0.243 e. The van der Waals surface area contributed by atoms with E-state index >= 15 is 0 Å². The van der Waals surface area contributed by atoms with Crippen LogP contribution in [0.2, 0.25) is 0 Å². The van der Waals surface area contributed by atoms with Crippen LogP contribution in [-0.2, 0) is 4.74 Å². The summed E-state index contributed by atoms with van der Waals surface area (Å²) >= 11 is 0. The zero-order valence-corrected chi connectivity index (χ0v) is 12.2. The Morgan fingerprint density at radius 1 is 1.22 bits per heavy atom. The number of hydrogen-bond acceptors (Lipinski definition) is 6. The van der Waals surface area contributed by atoms with Crippen molar-refractivity contribution in [2.24, 2.45) is 5.92 Å². The number of alkyl halides is 2. The minimum atomic E-state index is -2.35. The van der Waals surface area contributed by atoms with Crippen LogP contribution in [0.1, 0.15) is 12.8 Å². The highest BCUT2D eigenvalue weighted by atomic mass is 19.3. The molecule has 0 aromatic carbocycles. The van der Waals surface area contributed by atoms with Gasteiger partial charge in [-0.05, 0) is 24.6 Å². The molecule has 6 nitrogen and oxygen atoms in total. The third-order valence-electron chi connectivity index (χ3n) is 3.45. The number of aromatic nitrogens is 3. The Kier molecular flexibility index (Phi) is 4.92. The highest BCUT2D eigenvalue weighted by Crippen LogP contribution is 2.27. The van der Waals surface area contributed by atoms with Gasteiger partial charge in [0.25, 0.3) is 0 Å². The molecule has 122 valence electrons. The molecule has 0 amide bonds. The van der Waals surface area contributed by atoms with E-state index in [9.17, 15) is 8.78 Å². The van der Waals surface area contributed by atoms with Crippen LogP contribution in [0.5, 0.6) is 5.75 Å². The van der Waals surface area contributed by atoms with Gasteiger partial charge in [-0.3, -0.25) is 0 Å². The van der Waals surface area contributed by atoms with Gasteiger partial charge in [0, 0.05) is 30.8 Å². The lowest BCUT2D eigenvalue weighted by molar-refractivity contribution is -0.144.